The van der Waals surface area contributed by atoms with Gasteiger partial charge in [-0.1, -0.05) is 12.8 Å². The fraction of sp³-hybridized carbons (Fsp3) is 0.812. The minimum absolute atomic E-state index is 0.704. The molecule has 104 valence electrons. The molecule has 2 nitrogen and oxygen atoms in total. The van der Waals surface area contributed by atoms with Crippen LogP contribution in [-0.2, 0) is 6.42 Å². The average Bonchev–Trinajstić information content (AvgIpc) is 2.94. The lowest BCUT2D eigenvalue weighted by atomic mass is 9.91. The summed E-state index contributed by atoms with van der Waals surface area (Å²) in [5.41, 5.74) is 1.48. The van der Waals surface area contributed by atoms with Crippen molar-refractivity contribution in [3.8, 4) is 0 Å². The molecule has 0 bridgehead atoms. The third kappa shape index (κ3) is 2.59. The van der Waals surface area contributed by atoms with Gasteiger partial charge in [0.15, 0.2) is 0 Å². The largest absolute Gasteiger partial charge is 0.313 e. The normalized spacial score (nSPS) is 27.7. The van der Waals surface area contributed by atoms with Gasteiger partial charge < -0.3 is 5.32 Å². The van der Waals surface area contributed by atoms with Crippen molar-refractivity contribution in [2.45, 2.75) is 75.7 Å². The van der Waals surface area contributed by atoms with Crippen LogP contribution in [0.15, 0.2) is 0 Å². The number of rotatable bonds is 4. The van der Waals surface area contributed by atoms with Crippen molar-refractivity contribution in [1.82, 2.24) is 10.3 Å². The number of nitrogens with one attached hydrogen (secondary N) is 1. The predicted octanol–water partition coefficient (Wildman–Crippen LogP) is 3.97. The van der Waals surface area contributed by atoms with Gasteiger partial charge in [0, 0.05) is 29.3 Å². The summed E-state index contributed by atoms with van der Waals surface area (Å²) in [5.74, 6) is 1.50. The summed E-state index contributed by atoms with van der Waals surface area (Å²) >= 11 is 2.05. The first kappa shape index (κ1) is 12.3. The van der Waals surface area contributed by atoms with Gasteiger partial charge in [0.1, 0.15) is 0 Å². The molecule has 1 N–H and O–H groups in total. The van der Waals surface area contributed by atoms with Gasteiger partial charge in [-0.05, 0) is 44.9 Å². The highest BCUT2D eigenvalue weighted by molar-refractivity contribution is 7.11. The molecule has 3 aliphatic carbocycles. The highest BCUT2D eigenvalue weighted by Crippen LogP contribution is 2.41. The van der Waals surface area contributed by atoms with Gasteiger partial charge in [-0.25, -0.2) is 4.98 Å². The van der Waals surface area contributed by atoms with E-state index in [0.29, 0.717) is 5.92 Å². The topological polar surface area (TPSA) is 24.9 Å². The molecule has 1 unspecified atom stereocenters. The summed E-state index contributed by atoms with van der Waals surface area (Å²) in [6.07, 6.45) is 12.4. The Morgan fingerprint density at radius 2 is 1.89 bits per heavy atom. The molecular formula is C16H24N2S. The Balaban J connectivity index is 1.51. The lowest BCUT2D eigenvalue weighted by Gasteiger charge is -2.21. The van der Waals surface area contributed by atoms with Crippen LogP contribution in [0.2, 0.25) is 0 Å². The molecular weight excluding hydrogens is 252 g/mol. The number of aromatic nitrogens is 1. The zero-order valence-corrected chi connectivity index (χ0v) is 12.5. The van der Waals surface area contributed by atoms with Crippen LogP contribution < -0.4 is 5.32 Å². The first-order chi connectivity index (χ1) is 9.40. The average molecular weight is 276 g/mol. The third-order valence-electron chi connectivity index (χ3n) is 5.02. The number of fused-ring (bicyclic) bond motifs is 1. The molecule has 19 heavy (non-hydrogen) atoms. The maximum Gasteiger partial charge on any atom is 0.0962 e. The first-order valence-corrected chi connectivity index (χ1v) is 8.94. The van der Waals surface area contributed by atoms with E-state index in [4.69, 9.17) is 4.98 Å². The second kappa shape index (κ2) is 5.17. The Morgan fingerprint density at radius 1 is 1.05 bits per heavy atom. The molecule has 0 aliphatic heterocycles. The Hall–Kier alpha value is -0.410. The van der Waals surface area contributed by atoms with Crippen molar-refractivity contribution in [3.05, 3.63) is 15.6 Å². The van der Waals surface area contributed by atoms with Crippen LogP contribution in [0.1, 0.15) is 78.8 Å². The smallest absolute Gasteiger partial charge is 0.0962 e. The molecule has 0 saturated heterocycles. The van der Waals surface area contributed by atoms with Gasteiger partial charge in [-0.2, -0.15) is 0 Å². The third-order valence-corrected chi connectivity index (χ3v) is 6.32. The summed E-state index contributed by atoms with van der Waals surface area (Å²) in [7, 11) is 0. The molecule has 3 aliphatic rings. The van der Waals surface area contributed by atoms with E-state index in [1.165, 1.54) is 75.0 Å². The van der Waals surface area contributed by atoms with Gasteiger partial charge in [0.2, 0.25) is 0 Å². The van der Waals surface area contributed by atoms with Crippen molar-refractivity contribution < 1.29 is 0 Å². The molecule has 2 fully saturated rings. The lowest BCUT2D eigenvalue weighted by Crippen LogP contribution is -2.25. The van der Waals surface area contributed by atoms with Gasteiger partial charge in [0.05, 0.1) is 10.7 Å². The zero-order valence-electron chi connectivity index (χ0n) is 11.7. The van der Waals surface area contributed by atoms with E-state index in [9.17, 15) is 0 Å². The van der Waals surface area contributed by atoms with E-state index in [2.05, 4.69) is 5.32 Å². The van der Waals surface area contributed by atoms with Crippen molar-refractivity contribution in [1.29, 1.82) is 0 Å². The van der Waals surface area contributed by atoms with E-state index in [-0.39, 0.29) is 0 Å². The fourth-order valence-electron chi connectivity index (χ4n) is 3.67. The van der Waals surface area contributed by atoms with E-state index in [1.807, 2.05) is 11.3 Å². The molecule has 4 rings (SSSR count). The van der Waals surface area contributed by atoms with Gasteiger partial charge in [-0.15, -0.1) is 11.3 Å². The standard InChI is InChI=1S/C16H24N2S/c1-2-5-11(4-1)16-18-15-12(10-17-13-8-9-13)6-3-7-14(15)19-16/h11-13,17H,1-10H2. The molecule has 0 aromatic carbocycles. The molecule has 1 aromatic heterocycles. The molecule has 0 amide bonds. The quantitative estimate of drug-likeness (QED) is 0.900. The van der Waals surface area contributed by atoms with Gasteiger partial charge in [-0.3, -0.25) is 0 Å². The SMILES string of the molecule is C1CCC(c2nc3c(s2)CCCC3CNC2CC2)C1. The number of hydrogen-bond acceptors (Lipinski definition) is 3. The monoisotopic (exact) mass is 276 g/mol. The summed E-state index contributed by atoms with van der Waals surface area (Å²) in [4.78, 5) is 6.71. The highest BCUT2D eigenvalue weighted by atomic mass is 32.1. The lowest BCUT2D eigenvalue weighted by molar-refractivity contribution is 0.498. The number of hydrogen-bond donors (Lipinski definition) is 1. The van der Waals surface area contributed by atoms with Crippen LogP contribution in [0.25, 0.3) is 0 Å². The molecule has 3 heteroatoms. The maximum atomic E-state index is 5.09. The molecule has 0 spiro atoms. The number of nitrogens with zero attached hydrogens (tertiary/aromatic N) is 1. The van der Waals surface area contributed by atoms with E-state index in [0.717, 1.165) is 12.0 Å². The number of aryl methyl sites for hydroxylation is 1. The summed E-state index contributed by atoms with van der Waals surface area (Å²) in [5, 5.41) is 5.18. The van der Waals surface area contributed by atoms with Gasteiger partial charge >= 0.3 is 0 Å². The van der Waals surface area contributed by atoms with Crippen molar-refractivity contribution in [3.63, 3.8) is 0 Å². The second-order valence-electron chi connectivity index (χ2n) is 6.61. The summed E-state index contributed by atoms with van der Waals surface area (Å²) in [6, 6.07) is 0.832. The number of thiazole rings is 1. The molecule has 1 aromatic rings. The second-order valence-corrected chi connectivity index (χ2v) is 7.73. The van der Waals surface area contributed by atoms with Crippen molar-refractivity contribution >= 4 is 11.3 Å². The summed E-state index contributed by atoms with van der Waals surface area (Å²) in [6.45, 7) is 1.17. The van der Waals surface area contributed by atoms with E-state index >= 15 is 0 Å². The molecule has 2 saturated carbocycles. The van der Waals surface area contributed by atoms with Crippen LogP contribution >= 0.6 is 11.3 Å². The van der Waals surface area contributed by atoms with Crippen LogP contribution in [0.3, 0.4) is 0 Å². The maximum absolute atomic E-state index is 5.09. The Morgan fingerprint density at radius 3 is 2.68 bits per heavy atom. The summed E-state index contributed by atoms with van der Waals surface area (Å²) < 4.78 is 0. The molecule has 1 atom stereocenters. The van der Waals surface area contributed by atoms with Crippen molar-refractivity contribution in [2.24, 2.45) is 0 Å². The van der Waals surface area contributed by atoms with Crippen molar-refractivity contribution in [2.75, 3.05) is 6.54 Å². The Labute approximate surface area is 120 Å². The highest BCUT2D eigenvalue weighted by Gasteiger charge is 2.29. The predicted molar refractivity (Wildman–Crippen MR) is 80.0 cm³/mol. The van der Waals surface area contributed by atoms with Crippen LogP contribution in [-0.4, -0.2) is 17.6 Å². The van der Waals surface area contributed by atoms with E-state index < -0.39 is 0 Å². The molecule has 1 heterocycles. The Kier molecular flexibility index (Phi) is 3.36. The Bertz CT molecular complexity index is 444. The van der Waals surface area contributed by atoms with Crippen LogP contribution in [0.5, 0.6) is 0 Å². The first-order valence-electron chi connectivity index (χ1n) is 8.13. The minimum atomic E-state index is 0.704. The molecule has 0 radical (unpaired) electrons. The van der Waals surface area contributed by atoms with E-state index in [1.54, 1.807) is 4.88 Å². The zero-order chi connectivity index (χ0) is 12.7. The fourth-order valence-corrected chi connectivity index (χ4v) is 5.03. The van der Waals surface area contributed by atoms with Crippen LogP contribution in [0.4, 0.5) is 0 Å². The van der Waals surface area contributed by atoms with Gasteiger partial charge in [0.25, 0.3) is 0 Å². The minimum Gasteiger partial charge on any atom is -0.313 e. The van der Waals surface area contributed by atoms with Crippen LogP contribution in [0, 0.1) is 0 Å².